The Labute approximate surface area is 168 Å². The molecule has 6 nitrogen and oxygen atoms in total. The Balaban J connectivity index is 1.48. The van der Waals surface area contributed by atoms with E-state index in [-0.39, 0.29) is 17.3 Å². The van der Waals surface area contributed by atoms with Gasteiger partial charge in [-0.05, 0) is 42.0 Å². The molecule has 2 aromatic heterocycles. The number of rotatable bonds is 5. The number of H-pyrrole nitrogens is 1. The maximum absolute atomic E-state index is 12.5. The summed E-state index contributed by atoms with van der Waals surface area (Å²) in [6.07, 6.45) is 1.16. The number of sulfone groups is 1. The summed E-state index contributed by atoms with van der Waals surface area (Å²) >= 11 is 0. The molecule has 146 valence electrons. The number of para-hydroxylation sites is 1. The van der Waals surface area contributed by atoms with Gasteiger partial charge in [0, 0.05) is 23.7 Å². The van der Waals surface area contributed by atoms with E-state index in [0.717, 1.165) is 28.4 Å². The van der Waals surface area contributed by atoms with Crippen LogP contribution in [0, 0.1) is 0 Å². The smallest absolute Gasteiger partial charge is 0.270 e. The minimum atomic E-state index is -3.24. The van der Waals surface area contributed by atoms with E-state index in [1.807, 2.05) is 36.4 Å². The Morgan fingerprint density at radius 2 is 1.76 bits per heavy atom. The Kier molecular flexibility index (Phi) is 4.90. The largest absolute Gasteiger partial charge is 0.353 e. The second kappa shape index (κ2) is 7.52. The van der Waals surface area contributed by atoms with Crippen LogP contribution in [0.5, 0.6) is 0 Å². The zero-order valence-electron chi connectivity index (χ0n) is 15.7. The highest BCUT2D eigenvalue weighted by Gasteiger charge is 2.11. The monoisotopic (exact) mass is 405 g/mol. The predicted molar refractivity (Wildman–Crippen MR) is 112 cm³/mol. The van der Waals surface area contributed by atoms with Gasteiger partial charge in [-0.25, -0.2) is 13.4 Å². The van der Waals surface area contributed by atoms with Gasteiger partial charge in [-0.1, -0.05) is 36.4 Å². The Morgan fingerprint density at radius 1 is 1.00 bits per heavy atom. The fourth-order valence-corrected chi connectivity index (χ4v) is 3.68. The van der Waals surface area contributed by atoms with Crippen molar-refractivity contribution in [1.82, 2.24) is 15.3 Å². The number of benzene rings is 2. The normalized spacial score (nSPS) is 11.5. The van der Waals surface area contributed by atoms with Crippen LogP contribution >= 0.6 is 0 Å². The van der Waals surface area contributed by atoms with Gasteiger partial charge in [0.15, 0.2) is 9.84 Å². The molecule has 4 rings (SSSR count). The van der Waals surface area contributed by atoms with Gasteiger partial charge in [-0.2, -0.15) is 0 Å². The number of aromatic nitrogens is 2. The van der Waals surface area contributed by atoms with Crippen LogP contribution in [-0.2, 0) is 16.4 Å². The van der Waals surface area contributed by atoms with Gasteiger partial charge in [-0.3, -0.25) is 4.79 Å². The molecule has 1 amide bonds. The summed E-state index contributed by atoms with van der Waals surface area (Å²) in [5, 5.41) is 3.90. The second-order valence-corrected chi connectivity index (χ2v) is 8.79. The van der Waals surface area contributed by atoms with Crippen molar-refractivity contribution in [1.29, 1.82) is 0 Å². The number of aromatic amines is 1. The third-order valence-electron chi connectivity index (χ3n) is 4.59. The molecule has 7 heteroatoms. The first-order valence-corrected chi connectivity index (χ1v) is 10.9. The van der Waals surface area contributed by atoms with Crippen LogP contribution < -0.4 is 5.32 Å². The number of carbonyl (C=O) groups is 1. The highest BCUT2D eigenvalue weighted by atomic mass is 32.2. The van der Waals surface area contributed by atoms with E-state index in [2.05, 4.69) is 15.3 Å². The van der Waals surface area contributed by atoms with Crippen LogP contribution in [0.1, 0.15) is 16.1 Å². The number of hydrogen-bond donors (Lipinski definition) is 2. The predicted octanol–water partition coefficient (Wildman–Crippen LogP) is 3.56. The van der Waals surface area contributed by atoms with Crippen LogP contribution in [0.2, 0.25) is 0 Å². The van der Waals surface area contributed by atoms with E-state index >= 15 is 0 Å². The minimum Gasteiger partial charge on any atom is -0.353 e. The van der Waals surface area contributed by atoms with Gasteiger partial charge in [-0.15, -0.1) is 0 Å². The maximum Gasteiger partial charge on any atom is 0.270 e. The summed E-state index contributed by atoms with van der Waals surface area (Å²) < 4.78 is 23.0. The van der Waals surface area contributed by atoms with Crippen LogP contribution in [0.4, 0.5) is 0 Å². The molecule has 0 saturated carbocycles. The molecule has 2 aromatic carbocycles. The Bertz CT molecular complexity index is 1260. The van der Waals surface area contributed by atoms with Gasteiger partial charge in [0.1, 0.15) is 5.69 Å². The Morgan fingerprint density at radius 3 is 2.48 bits per heavy atom. The van der Waals surface area contributed by atoms with Crippen molar-refractivity contribution >= 4 is 26.6 Å². The molecule has 0 saturated heterocycles. The van der Waals surface area contributed by atoms with Crippen molar-refractivity contribution in [2.24, 2.45) is 0 Å². The SMILES string of the molecule is CS(=O)(=O)c1ccc(CNC(=O)c2cccc(-c3cc4ccccc4[nH]3)n2)cc1. The third kappa shape index (κ3) is 4.20. The van der Waals surface area contributed by atoms with Crippen molar-refractivity contribution < 1.29 is 13.2 Å². The van der Waals surface area contributed by atoms with E-state index in [0.29, 0.717) is 11.4 Å². The molecule has 0 spiro atoms. The molecule has 0 unspecified atom stereocenters. The van der Waals surface area contributed by atoms with Crippen LogP contribution in [0.3, 0.4) is 0 Å². The van der Waals surface area contributed by atoms with Crippen molar-refractivity contribution in [3.63, 3.8) is 0 Å². The average molecular weight is 405 g/mol. The number of nitrogens with zero attached hydrogens (tertiary/aromatic N) is 1. The highest BCUT2D eigenvalue weighted by molar-refractivity contribution is 7.90. The van der Waals surface area contributed by atoms with Crippen LogP contribution in [0.25, 0.3) is 22.3 Å². The highest BCUT2D eigenvalue weighted by Crippen LogP contribution is 2.22. The lowest BCUT2D eigenvalue weighted by atomic mass is 10.2. The van der Waals surface area contributed by atoms with Crippen LogP contribution in [0.15, 0.2) is 77.7 Å². The molecule has 0 fully saturated rings. The standard InChI is InChI=1S/C22H19N3O3S/c1-29(27,28)17-11-9-15(10-12-17)14-23-22(26)20-8-4-7-19(25-20)21-13-16-5-2-3-6-18(16)24-21/h2-13,24H,14H2,1H3,(H,23,26). The number of pyridine rings is 1. The molecular formula is C22H19N3O3S. The summed E-state index contributed by atoms with van der Waals surface area (Å²) in [6, 6.07) is 21.7. The van der Waals surface area contributed by atoms with E-state index in [1.54, 1.807) is 24.3 Å². The topological polar surface area (TPSA) is 91.9 Å². The quantitative estimate of drug-likeness (QED) is 0.531. The van der Waals surface area contributed by atoms with E-state index in [9.17, 15) is 13.2 Å². The second-order valence-electron chi connectivity index (χ2n) is 6.78. The molecule has 29 heavy (non-hydrogen) atoms. The summed E-state index contributed by atoms with van der Waals surface area (Å²) in [7, 11) is -3.24. The molecule has 2 heterocycles. The molecule has 0 aliphatic carbocycles. The maximum atomic E-state index is 12.5. The lowest BCUT2D eigenvalue weighted by Crippen LogP contribution is -2.23. The molecule has 0 radical (unpaired) electrons. The summed E-state index contributed by atoms with van der Waals surface area (Å²) in [6.45, 7) is 0.279. The average Bonchev–Trinajstić information content (AvgIpc) is 3.16. The first-order valence-electron chi connectivity index (χ1n) is 9.02. The molecule has 0 atom stereocenters. The molecule has 0 aliphatic heterocycles. The summed E-state index contributed by atoms with van der Waals surface area (Å²) in [5.74, 6) is -0.296. The molecule has 2 N–H and O–H groups in total. The fraction of sp³-hybridized carbons (Fsp3) is 0.0909. The third-order valence-corrected chi connectivity index (χ3v) is 5.72. The molecule has 0 bridgehead atoms. The van der Waals surface area contributed by atoms with Gasteiger partial charge in [0.25, 0.3) is 5.91 Å². The zero-order valence-corrected chi connectivity index (χ0v) is 16.5. The first kappa shape index (κ1) is 18.9. The lowest BCUT2D eigenvalue weighted by Gasteiger charge is -2.07. The van der Waals surface area contributed by atoms with Gasteiger partial charge < -0.3 is 10.3 Å². The minimum absolute atomic E-state index is 0.250. The van der Waals surface area contributed by atoms with E-state index in [4.69, 9.17) is 0 Å². The zero-order chi connectivity index (χ0) is 20.4. The number of nitrogens with one attached hydrogen (secondary N) is 2. The number of fused-ring (bicyclic) bond motifs is 1. The van der Waals surface area contributed by atoms with Crippen molar-refractivity contribution in [2.45, 2.75) is 11.4 Å². The fourth-order valence-electron chi connectivity index (χ4n) is 3.05. The van der Waals surface area contributed by atoms with Crippen molar-refractivity contribution in [2.75, 3.05) is 6.26 Å². The van der Waals surface area contributed by atoms with Gasteiger partial charge >= 0.3 is 0 Å². The number of carbonyl (C=O) groups excluding carboxylic acids is 1. The first-order chi connectivity index (χ1) is 13.9. The van der Waals surface area contributed by atoms with Crippen molar-refractivity contribution in [3.8, 4) is 11.4 Å². The molecule has 4 aromatic rings. The lowest BCUT2D eigenvalue weighted by molar-refractivity contribution is 0.0946. The molecular weight excluding hydrogens is 386 g/mol. The Hall–Kier alpha value is -3.45. The van der Waals surface area contributed by atoms with Crippen LogP contribution in [-0.4, -0.2) is 30.5 Å². The van der Waals surface area contributed by atoms with E-state index in [1.165, 1.54) is 12.1 Å². The number of hydrogen-bond acceptors (Lipinski definition) is 4. The van der Waals surface area contributed by atoms with E-state index < -0.39 is 9.84 Å². The number of amides is 1. The summed E-state index contributed by atoms with van der Waals surface area (Å²) in [4.78, 5) is 20.6. The molecule has 0 aliphatic rings. The van der Waals surface area contributed by atoms with Gasteiger partial charge in [0.2, 0.25) is 0 Å². The summed E-state index contributed by atoms with van der Waals surface area (Å²) in [5.41, 5.74) is 3.66. The van der Waals surface area contributed by atoms with Gasteiger partial charge in [0.05, 0.1) is 16.3 Å². The van der Waals surface area contributed by atoms with Crippen molar-refractivity contribution in [3.05, 3.63) is 84.1 Å².